The summed E-state index contributed by atoms with van der Waals surface area (Å²) in [6.45, 7) is 3.93. The first-order valence-electron chi connectivity index (χ1n) is 5.97. The SMILES string of the molecule is CC1(C)Oc2cc3oc(=O)ccc3cc2CC1N. The predicted molar refractivity (Wildman–Crippen MR) is 68.9 cm³/mol. The molecule has 0 fully saturated rings. The highest BCUT2D eigenvalue weighted by molar-refractivity contribution is 5.79. The van der Waals surface area contributed by atoms with Gasteiger partial charge in [-0.15, -0.1) is 0 Å². The van der Waals surface area contributed by atoms with E-state index >= 15 is 0 Å². The average Bonchev–Trinajstić information content (AvgIpc) is 2.28. The third kappa shape index (κ3) is 1.69. The summed E-state index contributed by atoms with van der Waals surface area (Å²) < 4.78 is 11.0. The summed E-state index contributed by atoms with van der Waals surface area (Å²) in [7, 11) is 0. The van der Waals surface area contributed by atoms with Crippen LogP contribution in [0.25, 0.3) is 11.0 Å². The lowest BCUT2D eigenvalue weighted by Crippen LogP contribution is -2.51. The number of hydrogen-bond donors (Lipinski definition) is 1. The number of rotatable bonds is 0. The Balaban J connectivity index is 2.20. The monoisotopic (exact) mass is 245 g/mol. The smallest absolute Gasteiger partial charge is 0.336 e. The molecular weight excluding hydrogens is 230 g/mol. The van der Waals surface area contributed by atoms with Crippen molar-refractivity contribution in [3.8, 4) is 5.75 Å². The van der Waals surface area contributed by atoms with E-state index in [0.717, 1.165) is 23.1 Å². The predicted octanol–water partition coefficient (Wildman–Crippen LogP) is 1.83. The van der Waals surface area contributed by atoms with Crippen molar-refractivity contribution in [3.05, 3.63) is 40.2 Å². The zero-order valence-electron chi connectivity index (χ0n) is 10.4. The van der Waals surface area contributed by atoms with Gasteiger partial charge in [-0.05, 0) is 38.0 Å². The van der Waals surface area contributed by atoms with Gasteiger partial charge in [-0.1, -0.05) is 0 Å². The Kier molecular flexibility index (Phi) is 2.25. The Morgan fingerprint density at radius 2 is 2.11 bits per heavy atom. The molecule has 1 aliphatic rings. The van der Waals surface area contributed by atoms with E-state index in [9.17, 15) is 4.79 Å². The molecule has 4 nitrogen and oxygen atoms in total. The van der Waals surface area contributed by atoms with Crippen molar-refractivity contribution in [2.75, 3.05) is 0 Å². The summed E-state index contributed by atoms with van der Waals surface area (Å²) in [6, 6.07) is 6.88. The summed E-state index contributed by atoms with van der Waals surface area (Å²) in [5, 5.41) is 0.892. The second kappa shape index (κ2) is 3.59. The van der Waals surface area contributed by atoms with Crippen molar-refractivity contribution in [2.45, 2.75) is 31.9 Å². The fourth-order valence-electron chi connectivity index (χ4n) is 2.24. The molecule has 1 aliphatic heterocycles. The molecular formula is C14H15NO3. The standard InChI is InChI=1S/C14H15NO3/c1-14(2)12(15)6-9-5-8-3-4-13(16)17-10(8)7-11(9)18-14/h3-5,7,12H,6,15H2,1-2H3. The molecule has 3 rings (SSSR count). The van der Waals surface area contributed by atoms with Gasteiger partial charge in [-0.25, -0.2) is 4.79 Å². The summed E-state index contributed by atoms with van der Waals surface area (Å²) >= 11 is 0. The van der Waals surface area contributed by atoms with Gasteiger partial charge in [0.15, 0.2) is 0 Å². The van der Waals surface area contributed by atoms with E-state index in [1.165, 1.54) is 6.07 Å². The van der Waals surface area contributed by atoms with E-state index in [1.807, 2.05) is 19.9 Å². The van der Waals surface area contributed by atoms with Crippen LogP contribution < -0.4 is 16.1 Å². The largest absolute Gasteiger partial charge is 0.486 e. The molecule has 1 aromatic heterocycles. The van der Waals surface area contributed by atoms with Crippen LogP contribution >= 0.6 is 0 Å². The van der Waals surface area contributed by atoms with Crippen LogP contribution in [0.15, 0.2) is 33.5 Å². The van der Waals surface area contributed by atoms with Crippen molar-refractivity contribution in [1.82, 2.24) is 0 Å². The highest BCUT2D eigenvalue weighted by atomic mass is 16.5. The van der Waals surface area contributed by atoms with Gasteiger partial charge in [0.05, 0.1) is 0 Å². The number of hydrogen-bond acceptors (Lipinski definition) is 4. The molecule has 2 N–H and O–H groups in total. The van der Waals surface area contributed by atoms with Crippen molar-refractivity contribution in [2.24, 2.45) is 5.73 Å². The molecule has 94 valence electrons. The summed E-state index contributed by atoms with van der Waals surface area (Å²) in [5.74, 6) is 0.753. The lowest BCUT2D eigenvalue weighted by Gasteiger charge is -2.37. The first-order valence-corrected chi connectivity index (χ1v) is 5.97. The van der Waals surface area contributed by atoms with E-state index in [2.05, 4.69) is 0 Å². The molecule has 0 radical (unpaired) electrons. The molecule has 1 aromatic carbocycles. The van der Waals surface area contributed by atoms with Crippen LogP contribution in [0, 0.1) is 0 Å². The van der Waals surface area contributed by atoms with Crippen LogP contribution in [0.1, 0.15) is 19.4 Å². The lowest BCUT2D eigenvalue weighted by molar-refractivity contribution is 0.0641. The summed E-state index contributed by atoms with van der Waals surface area (Å²) in [6.07, 6.45) is 0.761. The molecule has 0 bridgehead atoms. The maximum absolute atomic E-state index is 11.2. The lowest BCUT2D eigenvalue weighted by atomic mass is 9.89. The highest BCUT2D eigenvalue weighted by Crippen LogP contribution is 2.35. The molecule has 0 saturated heterocycles. The van der Waals surface area contributed by atoms with Gasteiger partial charge in [0.25, 0.3) is 0 Å². The van der Waals surface area contributed by atoms with E-state index in [4.69, 9.17) is 14.9 Å². The van der Waals surface area contributed by atoms with Crippen molar-refractivity contribution in [3.63, 3.8) is 0 Å². The Morgan fingerprint density at radius 1 is 1.33 bits per heavy atom. The van der Waals surface area contributed by atoms with Crippen molar-refractivity contribution in [1.29, 1.82) is 0 Å². The van der Waals surface area contributed by atoms with Crippen molar-refractivity contribution >= 4 is 11.0 Å². The third-order valence-electron chi connectivity index (χ3n) is 3.51. The minimum atomic E-state index is -0.407. The van der Waals surface area contributed by atoms with Crippen LogP contribution in [-0.2, 0) is 6.42 Å². The van der Waals surface area contributed by atoms with Gasteiger partial charge in [-0.3, -0.25) is 0 Å². The van der Waals surface area contributed by atoms with Gasteiger partial charge >= 0.3 is 5.63 Å². The van der Waals surface area contributed by atoms with E-state index in [-0.39, 0.29) is 11.7 Å². The minimum absolute atomic E-state index is 0.0434. The summed E-state index contributed by atoms with van der Waals surface area (Å²) in [5.41, 5.74) is 6.94. The first-order chi connectivity index (χ1) is 8.45. The Morgan fingerprint density at radius 3 is 2.89 bits per heavy atom. The van der Waals surface area contributed by atoms with Gasteiger partial charge in [0.2, 0.25) is 0 Å². The Bertz CT molecular complexity index is 672. The highest BCUT2D eigenvalue weighted by Gasteiger charge is 2.34. The summed E-state index contributed by atoms with van der Waals surface area (Å²) in [4.78, 5) is 11.2. The van der Waals surface area contributed by atoms with Crippen molar-refractivity contribution < 1.29 is 9.15 Å². The average molecular weight is 245 g/mol. The van der Waals surface area contributed by atoms with Gasteiger partial charge in [0.1, 0.15) is 16.9 Å². The number of nitrogens with two attached hydrogens (primary N) is 1. The van der Waals surface area contributed by atoms with E-state index < -0.39 is 5.60 Å². The fourth-order valence-corrected chi connectivity index (χ4v) is 2.24. The number of ether oxygens (including phenoxy) is 1. The second-order valence-corrected chi connectivity index (χ2v) is 5.27. The molecule has 0 aliphatic carbocycles. The maximum Gasteiger partial charge on any atom is 0.336 e. The van der Waals surface area contributed by atoms with E-state index in [0.29, 0.717) is 5.58 Å². The molecule has 18 heavy (non-hydrogen) atoms. The number of benzene rings is 1. The van der Waals surface area contributed by atoms with Crippen LogP contribution in [0.4, 0.5) is 0 Å². The molecule has 0 amide bonds. The molecule has 0 spiro atoms. The topological polar surface area (TPSA) is 65.5 Å². The van der Waals surface area contributed by atoms with Gasteiger partial charge in [0, 0.05) is 23.6 Å². The van der Waals surface area contributed by atoms with Crippen LogP contribution in [0.2, 0.25) is 0 Å². The third-order valence-corrected chi connectivity index (χ3v) is 3.51. The maximum atomic E-state index is 11.2. The van der Waals surface area contributed by atoms with Crippen LogP contribution in [0.3, 0.4) is 0 Å². The Labute approximate surface area is 104 Å². The molecule has 4 heteroatoms. The minimum Gasteiger partial charge on any atom is -0.486 e. The second-order valence-electron chi connectivity index (χ2n) is 5.27. The fraction of sp³-hybridized carbons (Fsp3) is 0.357. The van der Waals surface area contributed by atoms with Crippen LogP contribution in [0.5, 0.6) is 5.75 Å². The van der Waals surface area contributed by atoms with Gasteiger partial charge < -0.3 is 14.9 Å². The Hall–Kier alpha value is -1.81. The quantitative estimate of drug-likeness (QED) is 0.719. The molecule has 1 atom stereocenters. The zero-order valence-corrected chi connectivity index (χ0v) is 10.4. The molecule has 2 heterocycles. The molecule has 2 aromatic rings. The normalized spacial score (nSPS) is 21.4. The van der Waals surface area contributed by atoms with E-state index in [1.54, 1.807) is 12.1 Å². The van der Waals surface area contributed by atoms with Crippen LogP contribution in [-0.4, -0.2) is 11.6 Å². The first kappa shape index (κ1) is 11.3. The number of fused-ring (bicyclic) bond motifs is 2. The van der Waals surface area contributed by atoms with Gasteiger partial charge in [-0.2, -0.15) is 0 Å². The zero-order chi connectivity index (χ0) is 12.9. The molecule has 0 saturated carbocycles. The molecule has 1 unspecified atom stereocenters.